The predicted molar refractivity (Wildman–Crippen MR) is 343 cm³/mol. The third-order valence-corrected chi connectivity index (χ3v) is 17.4. The molecule has 2 rings (SSSR count). The summed E-state index contributed by atoms with van der Waals surface area (Å²) in [6.07, 6.45) is 55.3. The van der Waals surface area contributed by atoms with Crippen LogP contribution in [0.25, 0.3) is 0 Å². The van der Waals surface area contributed by atoms with Crippen LogP contribution in [0.2, 0.25) is 0 Å². The van der Waals surface area contributed by atoms with Crippen molar-refractivity contribution in [3.8, 4) is 0 Å². The first kappa shape index (κ1) is 78.2. The number of carbonyl (C=O) groups is 3. The van der Waals surface area contributed by atoms with E-state index in [9.17, 15) is 14.4 Å². The molecule has 0 radical (unpaired) electrons. The lowest BCUT2D eigenvalue weighted by Gasteiger charge is -2.27. The van der Waals surface area contributed by atoms with Crippen LogP contribution in [-0.4, -0.2) is 85.4 Å². The number of hydrogen-bond donors (Lipinski definition) is 0. The Labute approximate surface area is 488 Å². The van der Waals surface area contributed by atoms with Crippen LogP contribution in [0.5, 0.6) is 0 Å². The Hall–Kier alpha value is -1.83. The number of rotatable bonds is 51. The minimum atomic E-state index is -0.447. The van der Waals surface area contributed by atoms with Gasteiger partial charge in [-0.3, -0.25) is 19.3 Å². The highest BCUT2D eigenvalue weighted by atomic mass is 16.5. The Bertz CT molecular complexity index is 1400. The van der Waals surface area contributed by atoms with Crippen molar-refractivity contribution >= 4 is 17.5 Å². The molecule has 2 saturated heterocycles. The summed E-state index contributed by atoms with van der Waals surface area (Å²) < 4.78 is 12.6. The maximum absolute atomic E-state index is 13.4. The van der Waals surface area contributed by atoms with Crippen molar-refractivity contribution in [2.75, 3.05) is 45.9 Å². The summed E-state index contributed by atoms with van der Waals surface area (Å²) in [5.41, 5.74) is -0.659. The maximum Gasteiger partial charge on any atom is 0.311 e. The number of likely N-dealkylation sites (tertiary alicyclic amines) is 2. The molecule has 0 aromatic rings. The molecule has 462 valence electrons. The molecule has 0 saturated carbocycles. The van der Waals surface area contributed by atoms with Crippen LogP contribution in [-0.2, 0) is 23.9 Å². The van der Waals surface area contributed by atoms with Gasteiger partial charge in [-0.25, -0.2) is 0 Å². The Balaban J connectivity index is 0. The first-order valence-electron chi connectivity index (χ1n) is 33.3. The Kier molecular flexibility index (Phi) is 52.2. The summed E-state index contributed by atoms with van der Waals surface area (Å²) in [6.45, 7) is 29.8. The number of allylic oxidation sites excluding steroid dienone is 2. The number of Topliss-reactive ketones (excluding diaryl/α,β-unsaturated/α-hetero) is 1. The van der Waals surface area contributed by atoms with E-state index in [0.29, 0.717) is 18.4 Å². The van der Waals surface area contributed by atoms with E-state index >= 15 is 0 Å². The summed E-state index contributed by atoms with van der Waals surface area (Å²) >= 11 is 0. The zero-order chi connectivity index (χ0) is 56.0. The van der Waals surface area contributed by atoms with Gasteiger partial charge in [0.1, 0.15) is 11.9 Å². The van der Waals surface area contributed by atoms with Crippen molar-refractivity contribution in [3.63, 3.8) is 0 Å². The highest BCUT2D eigenvalue weighted by molar-refractivity contribution is 5.89. The maximum atomic E-state index is 13.4. The Morgan fingerprint density at radius 3 is 1.54 bits per heavy atom. The van der Waals surface area contributed by atoms with E-state index < -0.39 is 5.41 Å². The molecule has 2 fully saturated rings. The summed E-state index contributed by atoms with van der Waals surface area (Å²) in [7, 11) is 0. The first-order valence-corrected chi connectivity index (χ1v) is 33.3. The van der Waals surface area contributed by atoms with Crippen LogP contribution in [0, 0.1) is 22.7 Å². The smallest absolute Gasteiger partial charge is 0.311 e. The van der Waals surface area contributed by atoms with Gasteiger partial charge < -0.3 is 14.4 Å². The molecule has 2 aliphatic heterocycles. The molecule has 0 amide bonds. The van der Waals surface area contributed by atoms with E-state index in [-0.39, 0.29) is 43.9 Å². The average molecular weight is 1100 g/mol. The van der Waals surface area contributed by atoms with Crippen LogP contribution in [0.15, 0.2) is 24.8 Å². The van der Waals surface area contributed by atoms with Crippen molar-refractivity contribution < 1.29 is 23.9 Å². The molecule has 7 nitrogen and oxygen atoms in total. The van der Waals surface area contributed by atoms with E-state index in [0.717, 1.165) is 129 Å². The molecule has 7 heteroatoms. The molecule has 3 atom stereocenters. The minimum absolute atomic E-state index is 0. The number of hydrogen-bond acceptors (Lipinski definition) is 7. The molecule has 2 heterocycles. The molecule has 0 aliphatic carbocycles. The van der Waals surface area contributed by atoms with Crippen molar-refractivity contribution in [3.05, 3.63) is 24.8 Å². The van der Waals surface area contributed by atoms with Gasteiger partial charge in [-0.2, -0.15) is 0 Å². The lowest BCUT2D eigenvalue weighted by atomic mass is 9.83. The van der Waals surface area contributed by atoms with Gasteiger partial charge in [0.25, 0.3) is 0 Å². The van der Waals surface area contributed by atoms with Crippen LogP contribution in [0.1, 0.15) is 334 Å². The van der Waals surface area contributed by atoms with E-state index in [1.807, 2.05) is 6.08 Å². The third kappa shape index (κ3) is 42.1. The molecule has 1 unspecified atom stereocenters. The molecule has 2 aliphatic rings. The molecule has 0 bridgehead atoms. The first-order chi connectivity index (χ1) is 36.7. The number of esters is 1. The third-order valence-electron chi connectivity index (χ3n) is 17.4. The van der Waals surface area contributed by atoms with Crippen molar-refractivity contribution in [2.45, 2.75) is 346 Å². The number of ketones is 2. The van der Waals surface area contributed by atoms with Gasteiger partial charge in [-0.1, -0.05) is 235 Å². The number of carbonyl (C=O) groups excluding carboxylic acids is 3. The molecule has 0 N–H and O–H groups in total. The summed E-state index contributed by atoms with van der Waals surface area (Å²) in [4.78, 5) is 43.1. The van der Waals surface area contributed by atoms with E-state index in [1.165, 1.54) is 173 Å². The van der Waals surface area contributed by atoms with Gasteiger partial charge in [0, 0.05) is 37.6 Å². The fourth-order valence-electron chi connectivity index (χ4n) is 11.3. The molecule has 0 aromatic carbocycles. The van der Waals surface area contributed by atoms with Crippen molar-refractivity contribution in [1.29, 1.82) is 0 Å². The minimum Gasteiger partial charge on any atom is -0.462 e. The molecular weight excluding hydrogens is 961 g/mol. The average Bonchev–Trinajstić information content (AvgIpc) is 4.08. The monoisotopic (exact) mass is 1100 g/mol. The molecule has 0 spiro atoms. The predicted octanol–water partition coefficient (Wildman–Crippen LogP) is 21.0. The number of ether oxygens (including phenoxy) is 2. The van der Waals surface area contributed by atoms with Gasteiger partial charge in [0.15, 0.2) is 5.78 Å². The second-order valence-electron chi connectivity index (χ2n) is 25.5. The second kappa shape index (κ2) is 52.0. The van der Waals surface area contributed by atoms with Crippen molar-refractivity contribution in [2.24, 2.45) is 22.7 Å². The van der Waals surface area contributed by atoms with Crippen LogP contribution in [0.4, 0.5) is 0 Å². The number of nitrogens with zero attached hydrogens (tertiary/aromatic N) is 2. The molecule has 78 heavy (non-hydrogen) atoms. The standard InChI is InChI=1S/C52H96N2O5.C17H34.2CH4/c1-8-10-12-14-16-22-30-49(31-23-17-15-13-11-9-2)59-50(57)52(6,7)36-25-19-21-29-41-58-44-47-42-46(32-33-48(56)34-40-53-37-27-28-38-53)43-54(47)39-26-20-18-24-35-51(4,5)45(3)55;1-4-7-9-11-12-14-16-17(6-3)15-13-10-8-5-2;;/h32-33,46-47,49H,8-31,34-44H2,1-7H3;6,17H,3-5,7-16H2,1-2H3;2*1H4/b33-32-;;;/t46-,47-;;;/m0.../s1. The van der Waals surface area contributed by atoms with Crippen LogP contribution >= 0.6 is 0 Å². The number of unbranched alkanes of at least 4 members (excludes halogenated alkanes) is 24. The zero-order valence-corrected chi connectivity index (χ0v) is 52.4. The van der Waals surface area contributed by atoms with Gasteiger partial charge in [-0.15, -0.1) is 6.58 Å². The van der Waals surface area contributed by atoms with Crippen LogP contribution < -0.4 is 0 Å². The molecule has 0 aromatic heterocycles. The van der Waals surface area contributed by atoms with Gasteiger partial charge >= 0.3 is 5.97 Å². The topological polar surface area (TPSA) is 76.2 Å². The summed E-state index contributed by atoms with van der Waals surface area (Å²) in [5.74, 6) is 1.73. The van der Waals surface area contributed by atoms with Gasteiger partial charge in [0.05, 0.1) is 12.0 Å². The zero-order valence-electron chi connectivity index (χ0n) is 52.4. The van der Waals surface area contributed by atoms with Gasteiger partial charge in [0.2, 0.25) is 0 Å². The van der Waals surface area contributed by atoms with E-state index in [4.69, 9.17) is 9.47 Å². The van der Waals surface area contributed by atoms with Gasteiger partial charge in [-0.05, 0) is 142 Å². The Morgan fingerprint density at radius 1 is 0.577 bits per heavy atom. The largest absolute Gasteiger partial charge is 0.462 e. The fraction of sp³-hybridized carbons (Fsp3) is 0.901. The van der Waals surface area contributed by atoms with Crippen LogP contribution in [0.3, 0.4) is 0 Å². The Morgan fingerprint density at radius 2 is 1.03 bits per heavy atom. The van der Waals surface area contributed by atoms with E-state index in [2.05, 4.69) is 83.9 Å². The van der Waals surface area contributed by atoms with Crippen molar-refractivity contribution in [1.82, 2.24) is 9.80 Å². The summed E-state index contributed by atoms with van der Waals surface area (Å²) in [5, 5.41) is 0. The lowest BCUT2D eigenvalue weighted by molar-refractivity contribution is -0.161. The normalized spacial score (nSPS) is 16.5. The molecular formula is C71H138N2O5. The quantitative estimate of drug-likeness (QED) is 0.0260. The second-order valence-corrected chi connectivity index (χ2v) is 25.5. The fourth-order valence-corrected chi connectivity index (χ4v) is 11.3. The summed E-state index contributed by atoms with van der Waals surface area (Å²) in [6, 6.07) is 0.388. The highest BCUT2D eigenvalue weighted by Gasteiger charge is 2.32. The highest BCUT2D eigenvalue weighted by Crippen LogP contribution is 2.30. The SMILES string of the molecule is C.C.C=CC(CCCCCC)CCCCCCCC.CCCCCCCCC(CCCCCCCC)OC(=O)C(C)(C)CCCCCCOC[C@@H]1C[C@H](/C=C\C(=O)CCN2CCCC2)CN1CCCCCCC(C)(C)C(C)=O. The van der Waals surface area contributed by atoms with E-state index in [1.54, 1.807) is 6.92 Å². The lowest BCUT2D eigenvalue weighted by Crippen LogP contribution is -2.34.